The Labute approximate surface area is 127 Å². The third kappa shape index (κ3) is 4.02. The lowest BCUT2D eigenvalue weighted by Gasteiger charge is -2.07. The molecule has 0 amide bonds. The van der Waals surface area contributed by atoms with Crippen LogP contribution in [0, 0.1) is 0 Å². The summed E-state index contributed by atoms with van der Waals surface area (Å²) < 4.78 is 0.961. The van der Waals surface area contributed by atoms with Crippen molar-refractivity contribution in [2.75, 3.05) is 5.73 Å². The van der Waals surface area contributed by atoms with Crippen molar-refractivity contribution in [3.05, 3.63) is 58.1 Å². The largest absolute Gasteiger partial charge is 0.398 e. The second kappa shape index (κ2) is 6.49. The standard InChI is InChI=1S/C16H18BrNS/c1-11(2)13-4-6-14(7-5-13)19-10-12-3-8-15(17)16(18)9-12/h3-9,11H,10,18H2,1-2H3. The molecule has 2 aromatic rings. The minimum atomic E-state index is 0.588. The maximum atomic E-state index is 5.89. The molecular formula is C16H18BrNS. The van der Waals surface area contributed by atoms with Crippen LogP contribution in [0.2, 0.25) is 0 Å². The summed E-state index contributed by atoms with van der Waals surface area (Å²) in [4.78, 5) is 1.30. The van der Waals surface area contributed by atoms with E-state index in [4.69, 9.17) is 5.73 Å². The molecule has 0 spiro atoms. The number of hydrogen-bond acceptors (Lipinski definition) is 2. The van der Waals surface area contributed by atoms with Gasteiger partial charge in [-0.25, -0.2) is 0 Å². The predicted molar refractivity (Wildman–Crippen MR) is 88.6 cm³/mol. The predicted octanol–water partition coefficient (Wildman–Crippen LogP) is 5.45. The normalized spacial score (nSPS) is 10.9. The minimum absolute atomic E-state index is 0.588. The van der Waals surface area contributed by atoms with E-state index in [1.54, 1.807) is 0 Å². The summed E-state index contributed by atoms with van der Waals surface area (Å²) in [6.07, 6.45) is 0. The molecule has 0 aliphatic heterocycles. The van der Waals surface area contributed by atoms with Gasteiger partial charge in [0.2, 0.25) is 0 Å². The van der Waals surface area contributed by atoms with Gasteiger partial charge >= 0.3 is 0 Å². The number of benzene rings is 2. The number of thioether (sulfide) groups is 1. The van der Waals surface area contributed by atoms with Gasteiger partial charge in [-0.05, 0) is 57.2 Å². The van der Waals surface area contributed by atoms with Crippen LogP contribution in [0.4, 0.5) is 5.69 Å². The molecular weight excluding hydrogens is 318 g/mol. The van der Waals surface area contributed by atoms with Crippen molar-refractivity contribution in [1.29, 1.82) is 0 Å². The number of anilines is 1. The molecule has 0 atom stereocenters. The molecule has 2 aromatic carbocycles. The van der Waals surface area contributed by atoms with Crippen LogP contribution in [0.1, 0.15) is 30.9 Å². The van der Waals surface area contributed by atoms with Crippen molar-refractivity contribution in [3.8, 4) is 0 Å². The van der Waals surface area contributed by atoms with E-state index >= 15 is 0 Å². The molecule has 2 N–H and O–H groups in total. The van der Waals surface area contributed by atoms with Gasteiger partial charge in [0.1, 0.15) is 0 Å². The topological polar surface area (TPSA) is 26.0 Å². The quantitative estimate of drug-likeness (QED) is 0.594. The molecule has 0 aliphatic carbocycles. The van der Waals surface area contributed by atoms with Gasteiger partial charge in [0.05, 0.1) is 0 Å². The van der Waals surface area contributed by atoms with Gasteiger partial charge in [0.25, 0.3) is 0 Å². The van der Waals surface area contributed by atoms with Gasteiger partial charge in [0, 0.05) is 20.8 Å². The van der Waals surface area contributed by atoms with E-state index in [9.17, 15) is 0 Å². The summed E-state index contributed by atoms with van der Waals surface area (Å²) in [5.41, 5.74) is 9.32. The monoisotopic (exact) mass is 335 g/mol. The van der Waals surface area contributed by atoms with E-state index in [1.807, 2.05) is 23.9 Å². The third-order valence-electron chi connectivity index (χ3n) is 3.01. The smallest absolute Gasteiger partial charge is 0.0461 e. The Hall–Kier alpha value is -0.930. The van der Waals surface area contributed by atoms with Crippen LogP contribution in [0.3, 0.4) is 0 Å². The van der Waals surface area contributed by atoms with Crippen LogP contribution in [0.25, 0.3) is 0 Å². The lowest BCUT2D eigenvalue weighted by molar-refractivity contribution is 0.865. The lowest BCUT2D eigenvalue weighted by Crippen LogP contribution is -1.89. The van der Waals surface area contributed by atoms with Crippen molar-refractivity contribution < 1.29 is 0 Å². The van der Waals surface area contributed by atoms with E-state index in [0.717, 1.165) is 15.9 Å². The molecule has 0 saturated heterocycles. The Morgan fingerprint density at radius 3 is 2.37 bits per heavy atom. The highest BCUT2D eigenvalue weighted by Gasteiger charge is 2.02. The van der Waals surface area contributed by atoms with Crippen LogP contribution < -0.4 is 5.73 Å². The molecule has 0 radical (unpaired) electrons. The molecule has 1 nitrogen and oxygen atoms in total. The van der Waals surface area contributed by atoms with Crippen LogP contribution >= 0.6 is 27.7 Å². The summed E-state index contributed by atoms with van der Waals surface area (Å²) in [6.45, 7) is 4.43. The highest BCUT2D eigenvalue weighted by molar-refractivity contribution is 9.10. The first-order valence-corrected chi connectivity index (χ1v) is 8.11. The molecule has 100 valence electrons. The summed E-state index contributed by atoms with van der Waals surface area (Å²) in [6, 6.07) is 15.0. The molecule has 3 heteroatoms. The zero-order valence-corrected chi connectivity index (χ0v) is 13.6. The molecule has 0 fully saturated rings. The van der Waals surface area contributed by atoms with E-state index < -0.39 is 0 Å². The Kier molecular flexibility index (Phi) is 4.94. The van der Waals surface area contributed by atoms with Gasteiger partial charge in [0.15, 0.2) is 0 Å². The van der Waals surface area contributed by atoms with E-state index in [2.05, 4.69) is 60.1 Å². The molecule has 2 rings (SSSR count). The second-order valence-electron chi connectivity index (χ2n) is 4.87. The van der Waals surface area contributed by atoms with Gasteiger partial charge < -0.3 is 5.73 Å². The average Bonchev–Trinajstić information content (AvgIpc) is 2.40. The van der Waals surface area contributed by atoms with E-state index in [1.165, 1.54) is 16.0 Å². The Bertz CT molecular complexity index is 549. The number of nitrogens with two attached hydrogens (primary N) is 1. The maximum Gasteiger partial charge on any atom is 0.0461 e. The molecule has 0 aliphatic rings. The first kappa shape index (κ1) is 14.5. The zero-order chi connectivity index (χ0) is 13.8. The lowest BCUT2D eigenvalue weighted by atomic mass is 10.0. The highest BCUT2D eigenvalue weighted by Crippen LogP contribution is 2.27. The fraction of sp³-hybridized carbons (Fsp3) is 0.250. The van der Waals surface area contributed by atoms with Crippen LogP contribution in [0.5, 0.6) is 0 Å². The minimum Gasteiger partial charge on any atom is -0.398 e. The Morgan fingerprint density at radius 1 is 1.11 bits per heavy atom. The molecule has 0 saturated carbocycles. The van der Waals surface area contributed by atoms with Crippen LogP contribution in [0.15, 0.2) is 51.8 Å². The van der Waals surface area contributed by atoms with Gasteiger partial charge in [-0.15, -0.1) is 11.8 Å². The Balaban J connectivity index is 2.00. The number of nitrogen functional groups attached to an aromatic ring is 1. The summed E-state index contributed by atoms with van der Waals surface area (Å²) in [5, 5.41) is 0. The Morgan fingerprint density at radius 2 is 1.79 bits per heavy atom. The number of halogens is 1. The van der Waals surface area contributed by atoms with Crippen molar-refractivity contribution in [1.82, 2.24) is 0 Å². The molecule has 19 heavy (non-hydrogen) atoms. The van der Waals surface area contributed by atoms with E-state index in [-0.39, 0.29) is 0 Å². The van der Waals surface area contributed by atoms with Gasteiger partial charge in [-0.2, -0.15) is 0 Å². The van der Waals surface area contributed by atoms with Gasteiger partial charge in [-0.3, -0.25) is 0 Å². The fourth-order valence-electron chi connectivity index (χ4n) is 1.80. The van der Waals surface area contributed by atoms with Crippen molar-refractivity contribution >= 4 is 33.4 Å². The van der Waals surface area contributed by atoms with Crippen LogP contribution in [-0.2, 0) is 5.75 Å². The van der Waals surface area contributed by atoms with Gasteiger partial charge in [-0.1, -0.05) is 32.0 Å². The average molecular weight is 336 g/mol. The first-order chi connectivity index (χ1) is 9.06. The number of hydrogen-bond donors (Lipinski definition) is 1. The van der Waals surface area contributed by atoms with Crippen LogP contribution in [-0.4, -0.2) is 0 Å². The maximum absolute atomic E-state index is 5.89. The molecule has 0 heterocycles. The van der Waals surface area contributed by atoms with Crippen molar-refractivity contribution in [2.45, 2.75) is 30.4 Å². The third-order valence-corrected chi connectivity index (χ3v) is 4.82. The molecule has 0 unspecified atom stereocenters. The summed E-state index contributed by atoms with van der Waals surface area (Å²) >= 11 is 5.25. The second-order valence-corrected chi connectivity index (χ2v) is 6.77. The van der Waals surface area contributed by atoms with Crippen molar-refractivity contribution in [3.63, 3.8) is 0 Å². The summed E-state index contributed by atoms with van der Waals surface area (Å²) in [7, 11) is 0. The summed E-state index contributed by atoms with van der Waals surface area (Å²) in [5.74, 6) is 1.53. The zero-order valence-electron chi connectivity index (χ0n) is 11.2. The fourth-order valence-corrected chi connectivity index (χ4v) is 2.89. The van der Waals surface area contributed by atoms with Crippen molar-refractivity contribution in [2.24, 2.45) is 0 Å². The SMILES string of the molecule is CC(C)c1ccc(SCc2ccc(Br)c(N)c2)cc1. The molecule has 0 bridgehead atoms. The number of rotatable bonds is 4. The molecule has 0 aromatic heterocycles. The first-order valence-electron chi connectivity index (χ1n) is 6.33. The van der Waals surface area contributed by atoms with E-state index in [0.29, 0.717) is 5.92 Å². The highest BCUT2D eigenvalue weighted by atomic mass is 79.9.